The fourth-order valence-electron chi connectivity index (χ4n) is 2.42. The van der Waals surface area contributed by atoms with Gasteiger partial charge in [-0.3, -0.25) is 4.99 Å². The van der Waals surface area contributed by atoms with Gasteiger partial charge in [0, 0.05) is 26.7 Å². The molecule has 1 heterocycles. The van der Waals surface area contributed by atoms with E-state index in [2.05, 4.69) is 33.7 Å². The molecule has 0 bridgehead atoms. The molecule has 0 aromatic carbocycles. The second-order valence-electron chi connectivity index (χ2n) is 5.65. The summed E-state index contributed by atoms with van der Waals surface area (Å²) in [5.41, 5.74) is 0. The Morgan fingerprint density at radius 1 is 1.19 bits per heavy atom. The van der Waals surface area contributed by atoms with Crippen molar-refractivity contribution in [2.45, 2.75) is 32.6 Å². The van der Waals surface area contributed by atoms with Crippen molar-refractivity contribution in [1.82, 2.24) is 15.5 Å². The lowest BCUT2D eigenvalue weighted by atomic mass is 9.99. The number of likely N-dealkylation sites (tertiary alicyclic amines) is 1. The van der Waals surface area contributed by atoms with Gasteiger partial charge in [-0.1, -0.05) is 6.92 Å². The maximum atomic E-state index is 4.27. The molecule has 0 amide bonds. The van der Waals surface area contributed by atoms with Crippen LogP contribution in [0.2, 0.25) is 0 Å². The lowest BCUT2D eigenvalue weighted by molar-refractivity contribution is 0.195. The van der Waals surface area contributed by atoms with Crippen LogP contribution in [0.4, 0.5) is 0 Å². The SMILES string of the molecule is CN=C(NCCCCSC)NCCN1CCC(C)CC1.I. The molecule has 4 nitrogen and oxygen atoms in total. The molecule has 2 N–H and O–H groups in total. The zero-order valence-electron chi connectivity index (χ0n) is 13.9. The van der Waals surface area contributed by atoms with Gasteiger partial charge in [-0.05, 0) is 56.7 Å². The van der Waals surface area contributed by atoms with E-state index >= 15 is 0 Å². The predicted molar refractivity (Wildman–Crippen MR) is 107 cm³/mol. The number of halogens is 1. The number of unbranched alkanes of at least 4 members (excludes halogenated alkanes) is 1. The van der Waals surface area contributed by atoms with Gasteiger partial charge >= 0.3 is 0 Å². The van der Waals surface area contributed by atoms with Crippen molar-refractivity contribution >= 4 is 41.7 Å². The second-order valence-corrected chi connectivity index (χ2v) is 6.64. The molecule has 126 valence electrons. The van der Waals surface area contributed by atoms with Crippen LogP contribution in [0, 0.1) is 5.92 Å². The minimum Gasteiger partial charge on any atom is -0.356 e. The number of hydrogen-bond acceptors (Lipinski definition) is 3. The summed E-state index contributed by atoms with van der Waals surface area (Å²) in [6.45, 7) is 7.99. The maximum absolute atomic E-state index is 4.27. The van der Waals surface area contributed by atoms with Crippen LogP contribution in [-0.4, -0.2) is 62.6 Å². The molecule has 0 saturated carbocycles. The number of nitrogens with zero attached hydrogens (tertiary/aromatic N) is 2. The molecule has 0 radical (unpaired) electrons. The number of aliphatic imine (C=N–C) groups is 1. The van der Waals surface area contributed by atoms with Crippen LogP contribution in [0.5, 0.6) is 0 Å². The first-order valence-corrected chi connectivity index (χ1v) is 9.31. The first kappa shape index (κ1) is 21.3. The Labute approximate surface area is 152 Å². The van der Waals surface area contributed by atoms with E-state index in [1.807, 2.05) is 18.8 Å². The minimum absolute atomic E-state index is 0. The summed E-state index contributed by atoms with van der Waals surface area (Å²) in [4.78, 5) is 6.83. The average Bonchev–Trinajstić information content (AvgIpc) is 2.47. The molecule has 6 heteroatoms. The largest absolute Gasteiger partial charge is 0.356 e. The van der Waals surface area contributed by atoms with Crippen molar-refractivity contribution < 1.29 is 0 Å². The van der Waals surface area contributed by atoms with E-state index in [1.54, 1.807) is 0 Å². The summed E-state index contributed by atoms with van der Waals surface area (Å²) in [6.07, 6.45) is 7.35. The van der Waals surface area contributed by atoms with Crippen molar-refractivity contribution in [3.8, 4) is 0 Å². The molecule has 0 unspecified atom stereocenters. The van der Waals surface area contributed by atoms with Gasteiger partial charge in [-0.15, -0.1) is 24.0 Å². The fraction of sp³-hybridized carbons (Fsp3) is 0.933. The first-order chi connectivity index (χ1) is 9.76. The highest BCUT2D eigenvalue weighted by Crippen LogP contribution is 2.14. The number of nitrogens with one attached hydrogen (secondary N) is 2. The van der Waals surface area contributed by atoms with Crippen molar-refractivity contribution in [3.05, 3.63) is 0 Å². The van der Waals surface area contributed by atoms with E-state index in [0.717, 1.165) is 31.5 Å². The summed E-state index contributed by atoms with van der Waals surface area (Å²) >= 11 is 1.92. The van der Waals surface area contributed by atoms with Gasteiger partial charge in [0.25, 0.3) is 0 Å². The molecule has 0 aromatic heterocycles. The molecule has 0 atom stereocenters. The van der Waals surface area contributed by atoms with Gasteiger partial charge in [0.2, 0.25) is 0 Å². The van der Waals surface area contributed by atoms with E-state index < -0.39 is 0 Å². The lowest BCUT2D eigenvalue weighted by Gasteiger charge is -2.30. The summed E-state index contributed by atoms with van der Waals surface area (Å²) in [5, 5.41) is 6.80. The zero-order chi connectivity index (χ0) is 14.6. The van der Waals surface area contributed by atoms with Crippen LogP contribution < -0.4 is 10.6 Å². The van der Waals surface area contributed by atoms with Crippen LogP contribution in [0.3, 0.4) is 0 Å². The van der Waals surface area contributed by atoms with Crippen LogP contribution in [-0.2, 0) is 0 Å². The summed E-state index contributed by atoms with van der Waals surface area (Å²) in [5.74, 6) is 3.11. The molecule has 0 aromatic rings. The van der Waals surface area contributed by atoms with Gasteiger partial charge in [0.05, 0.1) is 0 Å². The summed E-state index contributed by atoms with van der Waals surface area (Å²) in [7, 11) is 1.85. The van der Waals surface area contributed by atoms with E-state index in [0.29, 0.717) is 0 Å². The quantitative estimate of drug-likeness (QED) is 0.270. The maximum Gasteiger partial charge on any atom is 0.191 e. The van der Waals surface area contributed by atoms with Crippen molar-refractivity contribution in [2.24, 2.45) is 10.9 Å². The molecule has 1 aliphatic heterocycles. The molecule has 1 saturated heterocycles. The van der Waals surface area contributed by atoms with Crippen molar-refractivity contribution in [3.63, 3.8) is 0 Å². The van der Waals surface area contributed by atoms with Crippen molar-refractivity contribution in [1.29, 1.82) is 0 Å². The molecular weight excluding hydrogens is 395 g/mol. The Kier molecular flexibility index (Phi) is 14.1. The number of guanidine groups is 1. The van der Waals surface area contributed by atoms with Gasteiger partial charge in [-0.25, -0.2) is 0 Å². The third-order valence-corrected chi connectivity index (χ3v) is 4.58. The zero-order valence-corrected chi connectivity index (χ0v) is 17.0. The number of rotatable bonds is 8. The molecular formula is C15H33IN4S. The molecule has 21 heavy (non-hydrogen) atoms. The highest BCUT2D eigenvalue weighted by atomic mass is 127. The smallest absolute Gasteiger partial charge is 0.191 e. The van der Waals surface area contributed by atoms with Gasteiger partial charge in [-0.2, -0.15) is 11.8 Å². The van der Waals surface area contributed by atoms with E-state index in [9.17, 15) is 0 Å². The van der Waals surface area contributed by atoms with Crippen LogP contribution >= 0.6 is 35.7 Å². The monoisotopic (exact) mass is 428 g/mol. The van der Waals surface area contributed by atoms with Crippen LogP contribution in [0.25, 0.3) is 0 Å². The van der Waals surface area contributed by atoms with E-state index in [4.69, 9.17) is 0 Å². The van der Waals surface area contributed by atoms with Crippen molar-refractivity contribution in [2.75, 3.05) is 51.8 Å². The molecule has 0 spiro atoms. The topological polar surface area (TPSA) is 39.7 Å². The fourth-order valence-corrected chi connectivity index (χ4v) is 2.91. The molecule has 1 rings (SSSR count). The van der Waals surface area contributed by atoms with Gasteiger partial charge in [0.1, 0.15) is 0 Å². The van der Waals surface area contributed by atoms with E-state index in [1.165, 1.54) is 44.5 Å². The minimum atomic E-state index is 0. The van der Waals surface area contributed by atoms with Crippen LogP contribution in [0.15, 0.2) is 4.99 Å². The summed E-state index contributed by atoms with van der Waals surface area (Å²) in [6, 6.07) is 0. The number of hydrogen-bond donors (Lipinski definition) is 2. The lowest BCUT2D eigenvalue weighted by Crippen LogP contribution is -2.43. The Bertz CT molecular complexity index is 268. The Balaban J connectivity index is 0.00000400. The highest BCUT2D eigenvalue weighted by molar-refractivity contribution is 14.0. The predicted octanol–water partition coefficient (Wildman–Crippen LogP) is 2.64. The van der Waals surface area contributed by atoms with Crippen LogP contribution in [0.1, 0.15) is 32.6 Å². The standard InChI is InChI=1S/C15H32N4S.HI/c1-14-6-10-19(11-7-14)12-9-18-15(16-2)17-8-4-5-13-20-3;/h14H,4-13H2,1-3H3,(H2,16,17,18);1H. The Morgan fingerprint density at radius 2 is 1.86 bits per heavy atom. The average molecular weight is 428 g/mol. The first-order valence-electron chi connectivity index (χ1n) is 7.92. The van der Waals surface area contributed by atoms with Gasteiger partial charge < -0.3 is 15.5 Å². The molecule has 1 fully saturated rings. The second kappa shape index (κ2) is 13.9. The normalized spacial score (nSPS) is 17.4. The third kappa shape index (κ3) is 10.6. The Morgan fingerprint density at radius 3 is 2.48 bits per heavy atom. The third-order valence-electron chi connectivity index (χ3n) is 3.89. The molecule has 1 aliphatic rings. The highest BCUT2D eigenvalue weighted by Gasteiger charge is 2.14. The van der Waals surface area contributed by atoms with Gasteiger partial charge in [0.15, 0.2) is 5.96 Å². The Hall–Kier alpha value is 0.310. The molecule has 0 aliphatic carbocycles. The number of thioether (sulfide) groups is 1. The van der Waals surface area contributed by atoms with E-state index in [-0.39, 0.29) is 24.0 Å². The number of piperidine rings is 1. The summed E-state index contributed by atoms with van der Waals surface area (Å²) < 4.78 is 0.